The van der Waals surface area contributed by atoms with Crippen molar-refractivity contribution in [2.24, 2.45) is 5.92 Å². The molecule has 1 amide bonds. The summed E-state index contributed by atoms with van der Waals surface area (Å²) in [6.07, 6.45) is 8.48. The first kappa shape index (κ1) is 17.6. The van der Waals surface area contributed by atoms with Gasteiger partial charge in [0.2, 0.25) is 5.91 Å². The third-order valence-electron chi connectivity index (χ3n) is 5.30. The quantitative estimate of drug-likeness (QED) is 0.853. The number of piperidine rings is 1. The van der Waals surface area contributed by atoms with E-state index in [0.29, 0.717) is 29.3 Å². The lowest BCUT2D eigenvalue weighted by Gasteiger charge is -2.29. The van der Waals surface area contributed by atoms with Gasteiger partial charge in [-0.3, -0.25) is 9.78 Å². The average Bonchev–Trinajstić information content (AvgIpc) is 2.56. The van der Waals surface area contributed by atoms with Gasteiger partial charge in [-0.1, -0.05) is 11.6 Å². The minimum atomic E-state index is -0.375. The minimum absolute atomic E-state index is 0.155. The standard InChI is InChI=1S/C18H25ClFN3O/c19-16-9-14(20)11-23-18(16)13-3-1-12(2-4-13)5-7-21-15-6-8-22-17(24)10-15/h9,11-13,15,21H,1-8,10H2,(H,22,24)/t12?,13?,15-/m1/s1. The molecule has 1 aliphatic carbocycles. The highest BCUT2D eigenvalue weighted by molar-refractivity contribution is 6.31. The molecule has 1 aromatic heterocycles. The molecule has 0 spiro atoms. The van der Waals surface area contributed by atoms with Crippen molar-refractivity contribution in [2.45, 2.75) is 56.9 Å². The molecule has 1 atom stereocenters. The number of carbonyl (C=O) groups is 1. The molecule has 1 saturated carbocycles. The smallest absolute Gasteiger partial charge is 0.221 e. The Morgan fingerprint density at radius 3 is 2.79 bits per heavy atom. The summed E-state index contributed by atoms with van der Waals surface area (Å²) in [4.78, 5) is 15.6. The summed E-state index contributed by atoms with van der Waals surface area (Å²) in [5, 5.41) is 6.84. The zero-order chi connectivity index (χ0) is 16.9. The highest BCUT2D eigenvalue weighted by atomic mass is 35.5. The predicted octanol–water partition coefficient (Wildman–Crippen LogP) is 3.41. The Bertz CT molecular complexity index is 575. The molecule has 0 aromatic carbocycles. The lowest BCUT2D eigenvalue weighted by Crippen LogP contribution is -2.43. The molecule has 2 N–H and O–H groups in total. The molecule has 4 nitrogen and oxygen atoms in total. The van der Waals surface area contributed by atoms with E-state index in [-0.39, 0.29) is 11.7 Å². The fraction of sp³-hybridized carbons (Fsp3) is 0.667. The number of nitrogens with zero attached hydrogens (tertiary/aromatic N) is 1. The molecule has 2 heterocycles. The molecule has 2 fully saturated rings. The number of hydrogen-bond donors (Lipinski definition) is 2. The van der Waals surface area contributed by atoms with E-state index in [1.165, 1.54) is 12.3 Å². The number of pyridine rings is 1. The van der Waals surface area contributed by atoms with E-state index in [0.717, 1.165) is 57.3 Å². The van der Waals surface area contributed by atoms with Crippen molar-refractivity contribution < 1.29 is 9.18 Å². The molecular formula is C18H25ClFN3O. The maximum atomic E-state index is 13.1. The van der Waals surface area contributed by atoms with E-state index in [1.807, 2.05) is 0 Å². The van der Waals surface area contributed by atoms with Crippen molar-refractivity contribution in [1.29, 1.82) is 0 Å². The first-order chi connectivity index (χ1) is 11.6. The Morgan fingerprint density at radius 2 is 2.08 bits per heavy atom. The Labute approximate surface area is 147 Å². The first-order valence-corrected chi connectivity index (χ1v) is 9.30. The molecule has 6 heteroatoms. The highest BCUT2D eigenvalue weighted by Crippen LogP contribution is 2.38. The van der Waals surface area contributed by atoms with Crippen LogP contribution >= 0.6 is 11.6 Å². The van der Waals surface area contributed by atoms with Crippen LogP contribution in [0.1, 0.15) is 56.6 Å². The van der Waals surface area contributed by atoms with Crippen LogP contribution in [0.25, 0.3) is 0 Å². The van der Waals surface area contributed by atoms with E-state index in [1.54, 1.807) is 0 Å². The average molecular weight is 354 g/mol. The molecule has 24 heavy (non-hydrogen) atoms. The maximum Gasteiger partial charge on any atom is 0.221 e. The third kappa shape index (κ3) is 4.67. The summed E-state index contributed by atoms with van der Waals surface area (Å²) >= 11 is 6.14. The van der Waals surface area contributed by atoms with Crippen molar-refractivity contribution in [3.8, 4) is 0 Å². The van der Waals surface area contributed by atoms with Crippen LogP contribution in [0.2, 0.25) is 5.02 Å². The summed E-state index contributed by atoms with van der Waals surface area (Å²) < 4.78 is 13.1. The summed E-state index contributed by atoms with van der Waals surface area (Å²) in [5.41, 5.74) is 0.850. The van der Waals surface area contributed by atoms with E-state index < -0.39 is 0 Å². The van der Waals surface area contributed by atoms with Gasteiger partial charge in [-0.2, -0.15) is 0 Å². The second-order valence-electron chi connectivity index (χ2n) is 7.02. The van der Waals surface area contributed by atoms with Crippen LogP contribution in [0.15, 0.2) is 12.3 Å². The normalized spacial score (nSPS) is 27.8. The van der Waals surface area contributed by atoms with E-state index in [4.69, 9.17) is 11.6 Å². The molecule has 0 unspecified atom stereocenters. The number of nitrogens with one attached hydrogen (secondary N) is 2. The van der Waals surface area contributed by atoms with Gasteiger partial charge in [0.25, 0.3) is 0 Å². The van der Waals surface area contributed by atoms with Gasteiger partial charge in [0.05, 0.1) is 16.9 Å². The highest BCUT2D eigenvalue weighted by Gasteiger charge is 2.25. The van der Waals surface area contributed by atoms with Crippen LogP contribution in [-0.2, 0) is 4.79 Å². The predicted molar refractivity (Wildman–Crippen MR) is 92.6 cm³/mol. The fourth-order valence-electron chi connectivity index (χ4n) is 3.90. The van der Waals surface area contributed by atoms with Crippen LogP contribution in [0.5, 0.6) is 0 Å². The maximum absolute atomic E-state index is 13.1. The van der Waals surface area contributed by atoms with E-state index in [2.05, 4.69) is 15.6 Å². The zero-order valence-electron chi connectivity index (χ0n) is 13.9. The number of hydrogen-bond acceptors (Lipinski definition) is 3. The number of aromatic nitrogens is 1. The Hall–Kier alpha value is -1.20. The molecule has 1 aliphatic heterocycles. The van der Waals surface area contributed by atoms with Crippen LogP contribution in [-0.4, -0.2) is 30.0 Å². The monoisotopic (exact) mass is 353 g/mol. The van der Waals surface area contributed by atoms with Gasteiger partial charge < -0.3 is 10.6 Å². The molecule has 0 bridgehead atoms. The van der Waals surface area contributed by atoms with E-state index in [9.17, 15) is 9.18 Å². The fourth-order valence-corrected chi connectivity index (χ4v) is 4.21. The zero-order valence-corrected chi connectivity index (χ0v) is 14.6. The molecule has 1 saturated heterocycles. The topological polar surface area (TPSA) is 54.0 Å². The Balaban J connectivity index is 1.40. The van der Waals surface area contributed by atoms with Crippen LogP contribution in [0, 0.1) is 11.7 Å². The summed E-state index contributed by atoms with van der Waals surface area (Å²) in [6.45, 7) is 1.76. The van der Waals surface area contributed by atoms with Crippen LogP contribution in [0.3, 0.4) is 0 Å². The molecule has 2 aliphatic rings. The van der Waals surface area contributed by atoms with E-state index >= 15 is 0 Å². The van der Waals surface area contributed by atoms with Gasteiger partial charge >= 0.3 is 0 Å². The lowest BCUT2D eigenvalue weighted by atomic mass is 9.79. The van der Waals surface area contributed by atoms with Crippen molar-refractivity contribution in [3.05, 3.63) is 28.8 Å². The summed E-state index contributed by atoms with van der Waals surface area (Å²) in [6, 6.07) is 1.69. The van der Waals surface area contributed by atoms with Crippen molar-refractivity contribution in [3.63, 3.8) is 0 Å². The summed E-state index contributed by atoms with van der Waals surface area (Å²) in [5.74, 6) is 0.845. The second kappa shape index (κ2) is 8.26. The number of carbonyl (C=O) groups excluding carboxylic acids is 1. The molecule has 0 radical (unpaired) electrons. The van der Waals surface area contributed by atoms with Crippen molar-refractivity contribution in [2.75, 3.05) is 13.1 Å². The van der Waals surface area contributed by atoms with Crippen LogP contribution in [0.4, 0.5) is 4.39 Å². The first-order valence-electron chi connectivity index (χ1n) is 8.93. The van der Waals surface area contributed by atoms with Gasteiger partial charge in [-0.05, 0) is 57.1 Å². The SMILES string of the molecule is O=C1C[C@H](NCCC2CCC(c3ncc(F)cc3Cl)CC2)CCN1. The number of halogens is 2. The van der Waals surface area contributed by atoms with Gasteiger partial charge in [0.1, 0.15) is 5.82 Å². The van der Waals surface area contributed by atoms with Crippen molar-refractivity contribution >= 4 is 17.5 Å². The minimum Gasteiger partial charge on any atom is -0.356 e. The molecule has 3 rings (SSSR count). The van der Waals surface area contributed by atoms with Crippen molar-refractivity contribution in [1.82, 2.24) is 15.6 Å². The van der Waals surface area contributed by atoms with Gasteiger partial charge in [-0.25, -0.2) is 4.39 Å². The Morgan fingerprint density at radius 1 is 1.29 bits per heavy atom. The Kier molecular flexibility index (Phi) is 6.06. The van der Waals surface area contributed by atoms with Crippen LogP contribution < -0.4 is 10.6 Å². The third-order valence-corrected chi connectivity index (χ3v) is 5.60. The molecule has 1 aromatic rings. The molecular weight excluding hydrogens is 329 g/mol. The molecule has 132 valence electrons. The van der Waals surface area contributed by atoms with Gasteiger partial charge in [0.15, 0.2) is 0 Å². The van der Waals surface area contributed by atoms with Gasteiger partial charge in [-0.15, -0.1) is 0 Å². The second-order valence-corrected chi connectivity index (χ2v) is 7.43. The lowest BCUT2D eigenvalue weighted by molar-refractivity contribution is -0.122. The number of amides is 1. The largest absolute Gasteiger partial charge is 0.356 e. The number of rotatable bonds is 5. The van der Waals surface area contributed by atoms with Gasteiger partial charge in [0, 0.05) is 24.9 Å². The summed E-state index contributed by atoms with van der Waals surface area (Å²) in [7, 11) is 0.